The molecule has 1 aliphatic heterocycles. The van der Waals surface area contributed by atoms with E-state index in [-0.39, 0.29) is 11.3 Å². The molecular weight excluding hydrogens is 442 g/mol. The highest BCUT2D eigenvalue weighted by Crippen LogP contribution is 2.23. The number of nitrogens with zero attached hydrogens (tertiary/aromatic N) is 3. The van der Waals surface area contributed by atoms with Crippen molar-refractivity contribution in [1.29, 1.82) is 0 Å². The SMILES string of the molecule is Cn1cc(-c2cnc3ccc4ccc(NS(=O)(=O)NCC5CCOC5)cc4c(=O)c3c2)cn1. The molecule has 2 aromatic heterocycles. The van der Waals surface area contributed by atoms with Gasteiger partial charge in [-0.1, -0.05) is 12.1 Å². The molecule has 1 aliphatic rings. The Morgan fingerprint density at radius 3 is 2.73 bits per heavy atom. The second kappa shape index (κ2) is 8.54. The first kappa shape index (κ1) is 21.5. The lowest BCUT2D eigenvalue weighted by Crippen LogP contribution is -2.34. The van der Waals surface area contributed by atoms with E-state index in [1.165, 1.54) is 0 Å². The normalized spacial score (nSPS) is 16.5. The van der Waals surface area contributed by atoms with Crippen molar-refractivity contribution in [3.8, 4) is 11.1 Å². The van der Waals surface area contributed by atoms with Crippen LogP contribution in [0.5, 0.6) is 0 Å². The van der Waals surface area contributed by atoms with Crippen LogP contribution < -0.4 is 14.9 Å². The zero-order valence-electron chi connectivity index (χ0n) is 18.0. The average Bonchev–Trinajstić information content (AvgIpc) is 3.45. The summed E-state index contributed by atoms with van der Waals surface area (Å²) < 4.78 is 37.0. The summed E-state index contributed by atoms with van der Waals surface area (Å²) in [6.07, 6.45) is 6.11. The van der Waals surface area contributed by atoms with Gasteiger partial charge in [-0.15, -0.1) is 0 Å². The van der Waals surface area contributed by atoms with Crippen LogP contribution in [0, 0.1) is 5.92 Å². The van der Waals surface area contributed by atoms with Crippen molar-refractivity contribution in [3.05, 3.63) is 65.2 Å². The van der Waals surface area contributed by atoms with Crippen molar-refractivity contribution < 1.29 is 13.2 Å². The lowest BCUT2D eigenvalue weighted by atomic mass is 10.1. The van der Waals surface area contributed by atoms with E-state index in [1.54, 1.807) is 47.4 Å². The highest BCUT2D eigenvalue weighted by Gasteiger charge is 2.19. The van der Waals surface area contributed by atoms with E-state index in [4.69, 9.17) is 4.74 Å². The number of fused-ring (bicyclic) bond motifs is 2. The average molecular weight is 466 g/mol. The van der Waals surface area contributed by atoms with Crippen LogP contribution in [0.4, 0.5) is 5.69 Å². The highest BCUT2D eigenvalue weighted by atomic mass is 32.2. The number of aryl methyl sites for hydroxylation is 1. The Morgan fingerprint density at radius 1 is 1.12 bits per heavy atom. The van der Waals surface area contributed by atoms with Crippen LogP contribution in [-0.4, -0.2) is 42.9 Å². The number of nitrogens with one attached hydrogen (secondary N) is 2. The molecule has 10 heteroatoms. The minimum absolute atomic E-state index is 0.165. The van der Waals surface area contributed by atoms with Gasteiger partial charge < -0.3 is 4.74 Å². The third-order valence-electron chi connectivity index (χ3n) is 5.76. The van der Waals surface area contributed by atoms with Crippen molar-refractivity contribution >= 4 is 37.6 Å². The van der Waals surface area contributed by atoms with Crippen molar-refractivity contribution in [2.24, 2.45) is 13.0 Å². The molecule has 33 heavy (non-hydrogen) atoms. The van der Waals surface area contributed by atoms with E-state index in [1.807, 2.05) is 19.3 Å². The van der Waals surface area contributed by atoms with Crippen LogP contribution in [0.2, 0.25) is 0 Å². The van der Waals surface area contributed by atoms with E-state index in [2.05, 4.69) is 19.5 Å². The van der Waals surface area contributed by atoms with Crippen LogP contribution >= 0.6 is 0 Å². The Morgan fingerprint density at radius 2 is 1.97 bits per heavy atom. The minimum atomic E-state index is -3.78. The Bertz CT molecular complexity index is 1510. The summed E-state index contributed by atoms with van der Waals surface area (Å²) in [5, 5.41) is 5.72. The van der Waals surface area contributed by atoms with Gasteiger partial charge in [-0.25, -0.2) is 0 Å². The van der Waals surface area contributed by atoms with Gasteiger partial charge in [0.2, 0.25) is 0 Å². The van der Waals surface area contributed by atoms with Gasteiger partial charge in [0, 0.05) is 54.5 Å². The topological polar surface area (TPSA) is 115 Å². The second-order valence-corrected chi connectivity index (χ2v) is 9.71. The molecule has 1 fully saturated rings. The largest absolute Gasteiger partial charge is 0.381 e. The summed E-state index contributed by atoms with van der Waals surface area (Å²) in [6.45, 7) is 1.51. The van der Waals surface area contributed by atoms with E-state index in [0.29, 0.717) is 47.1 Å². The molecule has 9 nitrogen and oxygen atoms in total. The third kappa shape index (κ3) is 4.58. The number of pyridine rings is 1. The molecule has 0 aliphatic carbocycles. The highest BCUT2D eigenvalue weighted by molar-refractivity contribution is 7.90. The quantitative estimate of drug-likeness (QED) is 0.452. The first-order valence-corrected chi connectivity index (χ1v) is 12.1. The maximum Gasteiger partial charge on any atom is 0.299 e. The Labute approximate surface area is 190 Å². The standard InChI is InChI=1S/C23H23N5O4S/c1-28-13-18(12-25-28)17-8-21-22(24-11-17)5-3-16-2-4-19(9-20(16)23(21)29)27-33(30,31)26-10-15-6-7-32-14-15/h2-5,8-9,11-13,15,26-27H,6-7,10,14H2,1H3. The lowest BCUT2D eigenvalue weighted by molar-refractivity contribution is 0.186. The maximum absolute atomic E-state index is 13.4. The van der Waals surface area contributed by atoms with E-state index in [9.17, 15) is 13.2 Å². The number of ether oxygens (including phenoxy) is 1. The number of benzene rings is 1. The minimum Gasteiger partial charge on any atom is -0.381 e. The Balaban J connectivity index is 1.51. The summed E-state index contributed by atoms with van der Waals surface area (Å²) in [5.74, 6) is 0.165. The number of hydrogen-bond acceptors (Lipinski definition) is 6. The van der Waals surface area contributed by atoms with Gasteiger partial charge in [0.05, 0.1) is 24.0 Å². The fourth-order valence-electron chi connectivity index (χ4n) is 3.96. The molecule has 3 heterocycles. The predicted molar refractivity (Wildman–Crippen MR) is 127 cm³/mol. The Hall–Kier alpha value is -3.34. The van der Waals surface area contributed by atoms with Crippen molar-refractivity contribution in [1.82, 2.24) is 19.5 Å². The first-order valence-electron chi connectivity index (χ1n) is 10.6. The maximum atomic E-state index is 13.4. The molecule has 0 amide bonds. The molecule has 4 aromatic rings. The summed E-state index contributed by atoms with van der Waals surface area (Å²) in [5.41, 5.74) is 2.29. The zero-order valence-corrected chi connectivity index (χ0v) is 18.8. The molecule has 5 rings (SSSR count). The van der Waals surface area contributed by atoms with Gasteiger partial charge in [-0.05, 0) is 42.0 Å². The molecule has 0 spiro atoms. The molecule has 1 unspecified atom stereocenters. The van der Waals surface area contributed by atoms with E-state index in [0.717, 1.165) is 17.5 Å². The van der Waals surface area contributed by atoms with Gasteiger partial charge in [0.25, 0.3) is 10.2 Å². The van der Waals surface area contributed by atoms with Crippen LogP contribution in [-0.2, 0) is 22.0 Å². The van der Waals surface area contributed by atoms with Crippen molar-refractivity contribution in [2.45, 2.75) is 6.42 Å². The summed E-state index contributed by atoms with van der Waals surface area (Å²) in [7, 11) is -1.96. The van der Waals surface area contributed by atoms with Crippen LogP contribution in [0.1, 0.15) is 6.42 Å². The second-order valence-electron chi connectivity index (χ2n) is 8.21. The molecule has 2 aromatic carbocycles. The molecule has 2 N–H and O–H groups in total. The fourth-order valence-corrected chi connectivity index (χ4v) is 4.92. The number of rotatable bonds is 6. The predicted octanol–water partition coefficient (Wildman–Crippen LogP) is 2.43. The van der Waals surface area contributed by atoms with Crippen LogP contribution in [0.15, 0.2) is 59.8 Å². The summed E-state index contributed by atoms with van der Waals surface area (Å²) >= 11 is 0. The monoisotopic (exact) mass is 465 g/mol. The summed E-state index contributed by atoms with van der Waals surface area (Å²) in [4.78, 5) is 17.9. The van der Waals surface area contributed by atoms with Crippen molar-refractivity contribution in [3.63, 3.8) is 0 Å². The van der Waals surface area contributed by atoms with Gasteiger partial charge >= 0.3 is 0 Å². The van der Waals surface area contributed by atoms with Gasteiger partial charge in [-0.3, -0.25) is 19.2 Å². The van der Waals surface area contributed by atoms with Crippen LogP contribution in [0.3, 0.4) is 0 Å². The van der Waals surface area contributed by atoms with Crippen LogP contribution in [0.25, 0.3) is 32.8 Å². The number of anilines is 1. The van der Waals surface area contributed by atoms with E-state index >= 15 is 0 Å². The zero-order chi connectivity index (χ0) is 23.0. The third-order valence-corrected chi connectivity index (χ3v) is 6.81. The summed E-state index contributed by atoms with van der Waals surface area (Å²) in [6, 6.07) is 10.3. The molecule has 0 radical (unpaired) electrons. The number of aromatic nitrogens is 3. The van der Waals surface area contributed by atoms with Gasteiger partial charge in [0.1, 0.15) is 0 Å². The van der Waals surface area contributed by atoms with Gasteiger partial charge in [-0.2, -0.15) is 18.2 Å². The molecule has 1 saturated heterocycles. The first-order chi connectivity index (χ1) is 15.9. The van der Waals surface area contributed by atoms with Gasteiger partial charge in [0.15, 0.2) is 5.43 Å². The van der Waals surface area contributed by atoms with Crippen molar-refractivity contribution in [2.75, 3.05) is 24.5 Å². The fraction of sp³-hybridized carbons (Fsp3) is 0.261. The molecular formula is C23H23N5O4S. The molecule has 0 bridgehead atoms. The Kier molecular flexibility index (Phi) is 5.57. The molecule has 170 valence electrons. The number of hydrogen-bond donors (Lipinski definition) is 2. The molecule has 1 atom stereocenters. The molecule has 0 saturated carbocycles. The van der Waals surface area contributed by atoms with E-state index < -0.39 is 10.2 Å². The lowest BCUT2D eigenvalue weighted by Gasteiger charge is -2.12. The smallest absolute Gasteiger partial charge is 0.299 e.